The molecule has 0 aliphatic rings. The molecule has 0 aliphatic heterocycles. The molecular formula is C16H19NO2. The Balaban J connectivity index is 2.64. The summed E-state index contributed by atoms with van der Waals surface area (Å²) in [6, 6.07) is 7.86. The highest BCUT2D eigenvalue weighted by Crippen LogP contribution is 2.27. The lowest BCUT2D eigenvalue weighted by molar-refractivity contribution is 0.414. The first-order chi connectivity index (χ1) is 9.06. The number of methoxy groups -OCH3 is 1. The van der Waals surface area contributed by atoms with Gasteiger partial charge in [-0.1, -0.05) is 6.92 Å². The van der Waals surface area contributed by atoms with E-state index in [1.165, 1.54) is 0 Å². The minimum Gasteiger partial charge on any atom is -0.497 e. The fourth-order valence-electron chi connectivity index (χ4n) is 2.25. The standard InChI is InChI=1S/C16H19NO2/c1-5-12-8-11(3)16(18)17-15(12)14-7-6-13(19-4)9-10(14)2/h6-9H,5H2,1-4H3,(H,17,18). The molecule has 0 radical (unpaired) electrons. The Morgan fingerprint density at radius 1 is 1.16 bits per heavy atom. The van der Waals surface area contributed by atoms with Crippen LogP contribution in [-0.2, 0) is 6.42 Å². The number of H-pyrrole nitrogens is 1. The van der Waals surface area contributed by atoms with Crippen LogP contribution in [0, 0.1) is 13.8 Å². The normalized spacial score (nSPS) is 10.5. The second-order valence-electron chi connectivity index (χ2n) is 4.72. The number of aryl methyl sites for hydroxylation is 3. The van der Waals surface area contributed by atoms with Crippen LogP contribution >= 0.6 is 0 Å². The highest BCUT2D eigenvalue weighted by Gasteiger charge is 2.10. The van der Waals surface area contributed by atoms with E-state index >= 15 is 0 Å². The van der Waals surface area contributed by atoms with Gasteiger partial charge in [0.1, 0.15) is 5.75 Å². The third-order valence-electron chi connectivity index (χ3n) is 3.39. The quantitative estimate of drug-likeness (QED) is 0.917. The van der Waals surface area contributed by atoms with Gasteiger partial charge in [-0.25, -0.2) is 0 Å². The van der Waals surface area contributed by atoms with Crippen molar-refractivity contribution >= 4 is 0 Å². The van der Waals surface area contributed by atoms with Gasteiger partial charge in [-0.2, -0.15) is 0 Å². The molecule has 2 rings (SSSR count). The lowest BCUT2D eigenvalue weighted by atomic mass is 9.98. The van der Waals surface area contributed by atoms with Gasteiger partial charge in [-0.15, -0.1) is 0 Å². The molecular weight excluding hydrogens is 238 g/mol. The van der Waals surface area contributed by atoms with Crippen LogP contribution in [0.5, 0.6) is 5.75 Å². The number of ether oxygens (including phenoxy) is 1. The minimum atomic E-state index is -0.0255. The van der Waals surface area contributed by atoms with Crippen molar-refractivity contribution < 1.29 is 4.74 Å². The molecule has 1 heterocycles. The molecule has 0 spiro atoms. The van der Waals surface area contributed by atoms with Crippen molar-refractivity contribution in [3.63, 3.8) is 0 Å². The largest absolute Gasteiger partial charge is 0.497 e. The number of hydrogen-bond acceptors (Lipinski definition) is 2. The summed E-state index contributed by atoms with van der Waals surface area (Å²) in [6.45, 7) is 5.95. The molecule has 2 aromatic rings. The molecule has 0 fully saturated rings. The van der Waals surface area contributed by atoms with E-state index in [-0.39, 0.29) is 5.56 Å². The van der Waals surface area contributed by atoms with Crippen LogP contribution < -0.4 is 10.3 Å². The fraction of sp³-hybridized carbons (Fsp3) is 0.312. The lowest BCUT2D eigenvalue weighted by Gasteiger charge is -2.12. The maximum Gasteiger partial charge on any atom is 0.251 e. The zero-order valence-electron chi connectivity index (χ0n) is 11.8. The van der Waals surface area contributed by atoms with E-state index in [9.17, 15) is 4.79 Å². The predicted octanol–water partition coefficient (Wildman–Crippen LogP) is 3.23. The van der Waals surface area contributed by atoms with Crippen LogP contribution in [0.15, 0.2) is 29.1 Å². The number of pyridine rings is 1. The Morgan fingerprint density at radius 3 is 2.47 bits per heavy atom. The van der Waals surface area contributed by atoms with Gasteiger partial charge in [0.15, 0.2) is 0 Å². The molecule has 3 heteroatoms. The number of nitrogens with one attached hydrogen (secondary N) is 1. The number of aromatic amines is 1. The summed E-state index contributed by atoms with van der Waals surface area (Å²) < 4.78 is 5.21. The average molecular weight is 257 g/mol. The predicted molar refractivity (Wildman–Crippen MR) is 77.9 cm³/mol. The summed E-state index contributed by atoms with van der Waals surface area (Å²) in [7, 11) is 1.65. The third-order valence-corrected chi connectivity index (χ3v) is 3.39. The molecule has 19 heavy (non-hydrogen) atoms. The van der Waals surface area contributed by atoms with E-state index in [1.54, 1.807) is 7.11 Å². The summed E-state index contributed by atoms with van der Waals surface area (Å²) in [6.07, 6.45) is 0.887. The maximum absolute atomic E-state index is 11.8. The number of benzene rings is 1. The van der Waals surface area contributed by atoms with Crippen molar-refractivity contribution in [1.29, 1.82) is 0 Å². The first-order valence-corrected chi connectivity index (χ1v) is 6.44. The van der Waals surface area contributed by atoms with Crippen molar-refractivity contribution in [1.82, 2.24) is 4.98 Å². The topological polar surface area (TPSA) is 42.1 Å². The van der Waals surface area contributed by atoms with Crippen LogP contribution in [-0.4, -0.2) is 12.1 Å². The number of hydrogen-bond donors (Lipinski definition) is 1. The third kappa shape index (κ3) is 2.55. The van der Waals surface area contributed by atoms with Crippen LogP contribution in [0.25, 0.3) is 11.3 Å². The van der Waals surface area contributed by atoms with Gasteiger partial charge in [0.05, 0.1) is 12.8 Å². The van der Waals surface area contributed by atoms with Crippen LogP contribution in [0.4, 0.5) is 0 Å². The zero-order chi connectivity index (χ0) is 14.0. The van der Waals surface area contributed by atoms with Gasteiger partial charge in [-0.3, -0.25) is 4.79 Å². The van der Waals surface area contributed by atoms with Gasteiger partial charge < -0.3 is 9.72 Å². The van der Waals surface area contributed by atoms with Gasteiger partial charge in [0, 0.05) is 11.1 Å². The summed E-state index contributed by atoms with van der Waals surface area (Å²) in [5, 5.41) is 0. The van der Waals surface area contributed by atoms with Gasteiger partial charge in [0.25, 0.3) is 5.56 Å². The molecule has 0 atom stereocenters. The van der Waals surface area contributed by atoms with E-state index in [4.69, 9.17) is 4.74 Å². The maximum atomic E-state index is 11.8. The van der Waals surface area contributed by atoms with Gasteiger partial charge in [-0.05, 0) is 55.7 Å². The Bertz CT molecular complexity index is 656. The molecule has 1 aromatic carbocycles. The van der Waals surface area contributed by atoms with Crippen molar-refractivity contribution in [3.05, 3.63) is 51.3 Å². The van der Waals surface area contributed by atoms with E-state index in [0.29, 0.717) is 0 Å². The molecule has 0 aliphatic carbocycles. The monoisotopic (exact) mass is 257 g/mol. The van der Waals surface area contributed by atoms with Crippen LogP contribution in [0.3, 0.4) is 0 Å². The number of rotatable bonds is 3. The molecule has 0 amide bonds. The molecule has 1 N–H and O–H groups in total. The van der Waals surface area contributed by atoms with E-state index < -0.39 is 0 Å². The molecule has 0 saturated heterocycles. The second kappa shape index (κ2) is 5.31. The van der Waals surface area contributed by atoms with E-state index in [2.05, 4.69) is 11.9 Å². The molecule has 100 valence electrons. The van der Waals surface area contributed by atoms with Crippen molar-refractivity contribution in [2.45, 2.75) is 27.2 Å². The molecule has 0 unspecified atom stereocenters. The number of aromatic nitrogens is 1. The smallest absolute Gasteiger partial charge is 0.251 e. The Hall–Kier alpha value is -2.03. The minimum absolute atomic E-state index is 0.0255. The first-order valence-electron chi connectivity index (χ1n) is 6.44. The Kier molecular flexibility index (Phi) is 3.74. The summed E-state index contributed by atoms with van der Waals surface area (Å²) in [5.74, 6) is 0.828. The second-order valence-corrected chi connectivity index (χ2v) is 4.72. The Labute approximate surface area is 113 Å². The van der Waals surface area contributed by atoms with E-state index in [0.717, 1.165) is 40.1 Å². The highest BCUT2D eigenvalue weighted by atomic mass is 16.5. The van der Waals surface area contributed by atoms with Gasteiger partial charge >= 0.3 is 0 Å². The van der Waals surface area contributed by atoms with Crippen molar-refractivity contribution in [3.8, 4) is 17.0 Å². The average Bonchev–Trinajstić information content (AvgIpc) is 2.41. The van der Waals surface area contributed by atoms with Crippen LogP contribution in [0.2, 0.25) is 0 Å². The van der Waals surface area contributed by atoms with Gasteiger partial charge in [0.2, 0.25) is 0 Å². The lowest BCUT2D eigenvalue weighted by Crippen LogP contribution is -2.12. The SMILES string of the molecule is CCc1cc(C)c(=O)[nH]c1-c1ccc(OC)cc1C. The first kappa shape index (κ1) is 13.4. The molecule has 3 nitrogen and oxygen atoms in total. The molecule has 1 aromatic heterocycles. The summed E-state index contributed by atoms with van der Waals surface area (Å²) in [4.78, 5) is 14.8. The zero-order valence-corrected chi connectivity index (χ0v) is 11.8. The van der Waals surface area contributed by atoms with E-state index in [1.807, 2.05) is 38.1 Å². The highest BCUT2D eigenvalue weighted by molar-refractivity contribution is 5.68. The van der Waals surface area contributed by atoms with Crippen molar-refractivity contribution in [2.24, 2.45) is 0 Å². The van der Waals surface area contributed by atoms with Crippen LogP contribution in [0.1, 0.15) is 23.6 Å². The fourth-order valence-corrected chi connectivity index (χ4v) is 2.25. The molecule has 0 bridgehead atoms. The summed E-state index contributed by atoms with van der Waals surface area (Å²) in [5.41, 5.74) is 4.95. The van der Waals surface area contributed by atoms with Crippen molar-refractivity contribution in [2.75, 3.05) is 7.11 Å². The molecule has 0 saturated carbocycles. The Morgan fingerprint density at radius 2 is 1.89 bits per heavy atom. The summed E-state index contributed by atoms with van der Waals surface area (Å²) >= 11 is 0.